The van der Waals surface area contributed by atoms with Crippen LogP contribution < -0.4 is 10.6 Å². The van der Waals surface area contributed by atoms with Crippen LogP contribution in [0.4, 0.5) is 10.1 Å². The predicted molar refractivity (Wildman–Crippen MR) is 117 cm³/mol. The number of nitrogens with one attached hydrogen (secondary N) is 2. The van der Waals surface area contributed by atoms with Crippen LogP contribution in [0.5, 0.6) is 0 Å². The first-order chi connectivity index (χ1) is 15.0. The third-order valence-electron chi connectivity index (χ3n) is 5.49. The Morgan fingerprint density at radius 3 is 2.68 bits per heavy atom. The quantitative estimate of drug-likeness (QED) is 0.420. The second kappa shape index (κ2) is 8.89. The summed E-state index contributed by atoms with van der Waals surface area (Å²) in [4.78, 5) is 25.2. The van der Waals surface area contributed by atoms with Gasteiger partial charge in [0, 0.05) is 40.9 Å². The number of fused-ring (bicyclic) bond motifs is 1. The van der Waals surface area contributed by atoms with E-state index in [0.717, 1.165) is 19.4 Å². The Morgan fingerprint density at radius 2 is 2.03 bits per heavy atom. The van der Waals surface area contributed by atoms with Gasteiger partial charge in [0.1, 0.15) is 22.7 Å². The van der Waals surface area contributed by atoms with E-state index in [-0.39, 0.29) is 29.5 Å². The summed E-state index contributed by atoms with van der Waals surface area (Å²) in [6.07, 6.45) is 2.21. The van der Waals surface area contributed by atoms with Gasteiger partial charge in [-0.05, 0) is 63.6 Å². The molecule has 1 aliphatic rings. The lowest BCUT2D eigenvalue weighted by Crippen LogP contribution is -2.29. The smallest absolute Gasteiger partial charge is 0.342 e. The van der Waals surface area contributed by atoms with E-state index in [2.05, 4.69) is 10.6 Å². The molecular formula is C24H25FN2O4. The number of rotatable bonds is 7. The SMILES string of the molecule is CCOC(=O)c1c(-c2ccc(F)cc2)oc2cc(NC[C@@H]3CCCN3)c(C(C)=O)cc12. The van der Waals surface area contributed by atoms with Crippen molar-refractivity contribution < 1.29 is 23.1 Å². The standard InChI is InChI=1S/C24H25FN2O4/c1-3-30-24(29)22-19-11-18(14(2)28)20(27-13-17-5-4-10-26-17)12-21(19)31-23(22)15-6-8-16(25)9-7-15/h6-9,11-12,17,26-27H,3-5,10,13H2,1-2H3/t17-/m0/s1. The molecule has 1 aromatic heterocycles. The van der Waals surface area contributed by atoms with Gasteiger partial charge in [-0.1, -0.05) is 0 Å². The molecule has 0 spiro atoms. The van der Waals surface area contributed by atoms with E-state index in [1.165, 1.54) is 19.1 Å². The molecule has 0 radical (unpaired) electrons. The molecule has 4 rings (SSSR count). The van der Waals surface area contributed by atoms with E-state index in [1.807, 2.05) is 0 Å². The van der Waals surface area contributed by atoms with Crippen molar-refractivity contribution in [1.29, 1.82) is 0 Å². The number of ether oxygens (including phenoxy) is 1. The lowest BCUT2D eigenvalue weighted by molar-refractivity contribution is 0.0528. The third kappa shape index (κ3) is 4.32. The fraction of sp³-hybridized carbons (Fsp3) is 0.333. The Morgan fingerprint density at radius 1 is 1.26 bits per heavy atom. The number of ketones is 1. The van der Waals surface area contributed by atoms with Crippen LogP contribution in [0.15, 0.2) is 40.8 Å². The third-order valence-corrected chi connectivity index (χ3v) is 5.49. The van der Waals surface area contributed by atoms with Crippen molar-refractivity contribution >= 4 is 28.4 Å². The normalized spacial score (nSPS) is 15.9. The summed E-state index contributed by atoms with van der Waals surface area (Å²) in [5, 5.41) is 7.26. The second-order valence-electron chi connectivity index (χ2n) is 7.66. The summed E-state index contributed by atoms with van der Waals surface area (Å²) in [7, 11) is 0. The Kier molecular flexibility index (Phi) is 6.04. The van der Waals surface area contributed by atoms with E-state index in [1.54, 1.807) is 31.2 Å². The molecular weight excluding hydrogens is 399 g/mol. The summed E-state index contributed by atoms with van der Waals surface area (Å²) in [6.45, 7) is 5.08. The number of anilines is 1. The number of Topliss-reactive ketones (excluding diaryl/α,β-unsaturated/α-hetero) is 1. The summed E-state index contributed by atoms with van der Waals surface area (Å²) in [5.41, 5.74) is 2.37. The molecule has 7 heteroatoms. The topological polar surface area (TPSA) is 80.6 Å². The molecule has 6 nitrogen and oxygen atoms in total. The lowest BCUT2D eigenvalue weighted by atomic mass is 10.0. The van der Waals surface area contributed by atoms with Crippen molar-refractivity contribution in [3.63, 3.8) is 0 Å². The molecule has 2 N–H and O–H groups in total. The molecule has 0 amide bonds. The molecule has 1 saturated heterocycles. The average Bonchev–Trinajstić information content (AvgIpc) is 3.39. The molecule has 3 aromatic rings. The van der Waals surface area contributed by atoms with Gasteiger partial charge in [0.25, 0.3) is 0 Å². The van der Waals surface area contributed by atoms with Crippen molar-refractivity contribution in [3.8, 4) is 11.3 Å². The largest absolute Gasteiger partial charge is 0.462 e. The summed E-state index contributed by atoms with van der Waals surface area (Å²) in [5.74, 6) is -0.768. The zero-order valence-corrected chi connectivity index (χ0v) is 17.6. The minimum absolute atomic E-state index is 0.122. The Balaban J connectivity index is 1.83. The van der Waals surface area contributed by atoms with Gasteiger partial charge in [0.05, 0.1) is 6.61 Å². The number of carbonyl (C=O) groups excluding carboxylic acids is 2. The average molecular weight is 424 g/mol. The first kappa shape index (κ1) is 21.1. The zero-order valence-electron chi connectivity index (χ0n) is 17.6. The number of benzene rings is 2. The molecule has 0 unspecified atom stereocenters. The van der Waals surface area contributed by atoms with Crippen molar-refractivity contribution in [2.24, 2.45) is 0 Å². The number of hydrogen-bond donors (Lipinski definition) is 2. The van der Waals surface area contributed by atoms with E-state index in [0.29, 0.717) is 40.4 Å². The van der Waals surface area contributed by atoms with E-state index in [9.17, 15) is 14.0 Å². The van der Waals surface area contributed by atoms with Crippen molar-refractivity contribution in [2.45, 2.75) is 32.7 Å². The minimum atomic E-state index is -0.550. The Hall–Kier alpha value is -3.19. The first-order valence-corrected chi connectivity index (χ1v) is 10.5. The fourth-order valence-electron chi connectivity index (χ4n) is 3.96. The highest BCUT2D eigenvalue weighted by molar-refractivity contribution is 6.12. The highest BCUT2D eigenvalue weighted by Crippen LogP contribution is 2.37. The van der Waals surface area contributed by atoms with Crippen LogP contribution in [0.3, 0.4) is 0 Å². The van der Waals surface area contributed by atoms with Crippen LogP contribution in [-0.2, 0) is 4.74 Å². The van der Waals surface area contributed by atoms with Crippen LogP contribution in [0, 0.1) is 5.82 Å². The number of hydrogen-bond acceptors (Lipinski definition) is 6. The van der Waals surface area contributed by atoms with Crippen molar-refractivity contribution in [2.75, 3.05) is 25.0 Å². The molecule has 1 atom stereocenters. The lowest BCUT2D eigenvalue weighted by Gasteiger charge is -2.15. The monoisotopic (exact) mass is 424 g/mol. The number of esters is 1. The van der Waals surface area contributed by atoms with Gasteiger partial charge >= 0.3 is 5.97 Å². The Bertz CT molecular complexity index is 1110. The van der Waals surface area contributed by atoms with Crippen molar-refractivity contribution in [3.05, 3.63) is 53.3 Å². The zero-order chi connectivity index (χ0) is 22.0. The van der Waals surface area contributed by atoms with Gasteiger partial charge < -0.3 is 19.8 Å². The predicted octanol–water partition coefficient (Wildman–Crippen LogP) is 4.78. The maximum absolute atomic E-state index is 13.4. The van der Waals surface area contributed by atoms with E-state index >= 15 is 0 Å². The number of carbonyl (C=O) groups is 2. The van der Waals surface area contributed by atoms with Gasteiger partial charge in [-0.2, -0.15) is 0 Å². The fourth-order valence-corrected chi connectivity index (χ4v) is 3.96. The molecule has 0 saturated carbocycles. The number of halogens is 1. The first-order valence-electron chi connectivity index (χ1n) is 10.5. The summed E-state index contributed by atoms with van der Waals surface area (Å²) >= 11 is 0. The van der Waals surface area contributed by atoms with Crippen LogP contribution in [-0.4, -0.2) is 37.5 Å². The van der Waals surface area contributed by atoms with Crippen LogP contribution in [0.2, 0.25) is 0 Å². The maximum Gasteiger partial charge on any atom is 0.342 e. The molecule has 0 bridgehead atoms. The van der Waals surface area contributed by atoms with Gasteiger partial charge in [0.2, 0.25) is 0 Å². The maximum atomic E-state index is 13.4. The van der Waals surface area contributed by atoms with Gasteiger partial charge in [-0.25, -0.2) is 9.18 Å². The molecule has 1 aliphatic heterocycles. The van der Waals surface area contributed by atoms with E-state index < -0.39 is 5.97 Å². The second-order valence-corrected chi connectivity index (χ2v) is 7.66. The summed E-state index contributed by atoms with van der Waals surface area (Å²) < 4.78 is 24.7. The van der Waals surface area contributed by atoms with Crippen LogP contribution in [0.1, 0.15) is 47.4 Å². The van der Waals surface area contributed by atoms with Crippen molar-refractivity contribution in [1.82, 2.24) is 5.32 Å². The van der Waals surface area contributed by atoms with Crippen LogP contribution in [0.25, 0.3) is 22.3 Å². The minimum Gasteiger partial charge on any atom is -0.462 e. The molecule has 0 aliphatic carbocycles. The van der Waals surface area contributed by atoms with Gasteiger partial charge in [0.15, 0.2) is 5.78 Å². The van der Waals surface area contributed by atoms with Crippen LogP contribution >= 0.6 is 0 Å². The Labute approximate surface area is 179 Å². The van der Waals surface area contributed by atoms with Gasteiger partial charge in [-0.3, -0.25) is 4.79 Å². The van der Waals surface area contributed by atoms with Gasteiger partial charge in [-0.15, -0.1) is 0 Å². The molecule has 1 fully saturated rings. The molecule has 31 heavy (non-hydrogen) atoms. The molecule has 162 valence electrons. The summed E-state index contributed by atoms with van der Waals surface area (Å²) in [6, 6.07) is 9.47. The highest BCUT2D eigenvalue weighted by atomic mass is 19.1. The number of furan rings is 1. The molecule has 2 aromatic carbocycles. The molecule has 2 heterocycles. The highest BCUT2D eigenvalue weighted by Gasteiger charge is 2.25. The van der Waals surface area contributed by atoms with E-state index in [4.69, 9.17) is 9.15 Å².